The average Bonchev–Trinajstić information content (AvgIpc) is 2.80. The summed E-state index contributed by atoms with van der Waals surface area (Å²) in [5, 5.41) is 9.30. The molecule has 0 aliphatic heterocycles. The van der Waals surface area contributed by atoms with Crippen LogP contribution in [0.5, 0.6) is 0 Å². The Morgan fingerprint density at radius 1 is 1.00 bits per heavy atom. The number of aromatic amines is 1. The third kappa shape index (κ3) is 2.64. The molecule has 0 aliphatic carbocycles. The second-order valence-corrected chi connectivity index (χ2v) is 4.56. The highest BCUT2D eigenvalue weighted by atomic mass is 15.1. The minimum Gasteiger partial charge on any atom is -0.382 e. The van der Waals surface area contributed by atoms with Gasteiger partial charge in [0.05, 0.1) is 5.69 Å². The molecule has 0 bridgehead atoms. The van der Waals surface area contributed by atoms with Crippen LogP contribution < -0.4 is 5.73 Å². The molecule has 3 N–H and O–H groups in total. The molecule has 4 nitrogen and oxygen atoms in total. The minimum absolute atomic E-state index is 0.452. The molecular weight excluding hydrogens is 248 g/mol. The number of rotatable bonds is 1. The molecule has 4 heteroatoms. The maximum Gasteiger partial charge on any atom is 0.146 e. The Morgan fingerprint density at radius 3 is 2.45 bits per heavy atom. The third-order valence-corrected chi connectivity index (χ3v) is 3.03. The van der Waals surface area contributed by atoms with Crippen LogP contribution >= 0.6 is 0 Å². The van der Waals surface area contributed by atoms with Crippen LogP contribution in [0.2, 0.25) is 0 Å². The smallest absolute Gasteiger partial charge is 0.146 e. The van der Waals surface area contributed by atoms with Crippen molar-refractivity contribution in [2.24, 2.45) is 0 Å². The van der Waals surface area contributed by atoms with E-state index in [0.29, 0.717) is 5.82 Å². The van der Waals surface area contributed by atoms with E-state index in [1.807, 2.05) is 33.8 Å². The molecular formula is C16H20N4. The lowest BCUT2D eigenvalue weighted by molar-refractivity contribution is 1.03. The molecule has 2 heterocycles. The Morgan fingerprint density at radius 2 is 1.75 bits per heavy atom. The molecule has 0 saturated carbocycles. The molecule has 0 radical (unpaired) electrons. The fourth-order valence-corrected chi connectivity index (χ4v) is 2.21. The van der Waals surface area contributed by atoms with Gasteiger partial charge in [-0.1, -0.05) is 26.0 Å². The monoisotopic (exact) mass is 268 g/mol. The van der Waals surface area contributed by atoms with Gasteiger partial charge >= 0.3 is 0 Å². The van der Waals surface area contributed by atoms with E-state index in [1.54, 1.807) is 0 Å². The Labute approximate surface area is 119 Å². The van der Waals surface area contributed by atoms with Gasteiger partial charge in [-0.25, -0.2) is 0 Å². The molecule has 0 aliphatic rings. The van der Waals surface area contributed by atoms with Gasteiger partial charge in [0.25, 0.3) is 0 Å². The summed E-state index contributed by atoms with van der Waals surface area (Å²) < 4.78 is 0. The summed E-state index contributed by atoms with van der Waals surface area (Å²) in [7, 11) is 0. The van der Waals surface area contributed by atoms with Crippen LogP contribution in [0, 0.1) is 13.8 Å². The van der Waals surface area contributed by atoms with Crippen LogP contribution in [0.1, 0.15) is 25.1 Å². The second-order valence-electron chi connectivity index (χ2n) is 4.56. The number of H-pyrrole nitrogens is 1. The highest BCUT2D eigenvalue weighted by molar-refractivity contribution is 5.85. The van der Waals surface area contributed by atoms with Crippen LogP contribution in [-0.2, 0) is 0 Å². The predicted molar refractivity (Wildman–Crippen MR) is 84.6 cm³/mol. The first kappa shape index (κ1) is 14.1. The Hall–Kier alpha value is -2.36. The number of hydrogen-bond donors (Lipinski definition) is 2. The van der Waals surface area contributed by atoms with Gasteiger partial charge in [0, 0.05) is 16.8 Å². The summed E-state index contributed by atoms with van der Waals surface area (Å²) in [6, 6.07) is 10.2. The lowest BCUT2D eigenvalue weighted by Crippen LogP contribution is -1.97. The van der Waals surface area contributed by atoms with Crippen molar-refractivity contribution in [2.75, 3.05) is 5.73 Å². The number of fused-ring (bicyclic) bond motifs is 1. The molecule has 0 saturated heterocycles. The van der Waals surface area contributed by atoms with E-state index in [9.17, 15) is 0 Å². The molecule has 0 fully saturated rings. The molecule has 0 amide bonds. The lowest BCUT2D eigenvalue weighted by atomic mass is 10.1. The van der Waals surface area contributed by atoms with Crippen LogP contribution in [0.3, 0.4) is 0 Å². The van der Waals surface area contributed by atoms with Crippen molar-refractivity contribution in [3.8, 4) is 11.3 Å². The van der Waals surface area contributed by atoms with Crippen LogP contribution in [0.25, 0.3) is 22.2 Å². The number of aryl methyl sites for hydroxylation is 2. The predicted octanol–water partition coefficient (Wildman–Crippen LogP) is 3.85. The molecule has 0 atom stereocenters. The van der Waals surface area contributed by atoms with E-state index in [1.165, 1.54) is 5.39 Å². The van der Waals surface area contributed by atoms with Gasteiger partial charge in [-0.15, -0.1) is 10.2 Å². The van der Waals surface area contributed by atoms with Gasteiger partial charge in [0.15, 0.2) is 0 Å². The SMILES string of the molecule is CC.Cc1cc2ccc(-c3nnc(N)cc3C)cc2[nH]1. The maximum absolute atomic E-state index is 5.62. The summed E-state index contributed by atoms with van der Waals surface area (Å²) in [4.78, 5) is 3.33. The first-order chi connectivity index (χ1) is 9.63. The number of nitrogens with zero attached hydrogens (tertiary/aromatic N) is 2. The summed E-state index contributed by atoms with van der Waals surface area (Å²) >= 11 is 0. The minimum atomic E-state index is 0.452. The van der Waals surface area contributed by atoms with E-state index in [-0.39, 0.29) is 0 Å². The first-order valence-electron chi connectivity index (χ1n) is 6.83. The number of nitrogens with two attached hydrogens (primary N) is 1. The fourth-order valence-electron chi connectivity index (χ4n) is 2.21. The summed E-state index contributed by atoms with van der Waals surface area (Å²) in [5.41, 5.74) is 10.8. The van der Waals surface area contributed by atoms with Gasteiger partial charge in [-0.3, -0.25) is 0 Å². The molecule has 1 aromatic carbocycles. The van der Waals surface area contributed by atoms with E-state index < -0.39 is 0 Å². The molecule has 0 unspecified atom stereocenters. The van der Waals surface area contributed by atoms with Crippen molar-refractivity contribution in [1.82, 2.24) is 15.2 Å². The van der Waals surface area contributed by atoms with E-state index in [2.05, 4.69) is 39.4 Å². The second kappa shape index (κ2) is 5.74. The quantitative estimate of drug-likeness (QED) is 0.704. The topological polar surface area (TPSA) is 67.6 Å². The number of hydrogen-bond acceptors (Lipinski definition) is 3. The number of nitrogens with one attached hydrogen (secondary N) is 1. The number of anilines is 1. The van der Waals surface area contributed by atoms with E-state index in [0.717, 1.165) is 28.0 Å². The van der Waals surface area contributed by atoms with Gasteiger partial charge in [-0.05, 0) is 43.0 Å². The lowest BCUT2D eigenvalue weighted by Gasteiger charge is -2.04. The zero-order chi connectivity index (χ0) is 14.7. The zero-order valence-electron chi connectivity index (χ0n) is 12.4. The van der Waals surface area contributed by atoms with Gasteiger partial charge < -0.3 is 10.7 Å². The number of benzene rings is 1. The van der Waals surface area contributed by atoms with Crippen LogP contribution in [-0.4, -0.2) is 15.2 Å². The Kier molecular flexibility index (Phi) is 4.03. The van der Waals surface area contributed by atoms with E-state index >= 15 is 0 Å². The molecule has 3 rings (SSSR count). The standard InChI is InChI=1S/C14H14N4.C2H6/c1-8-5-13(15)17-18-14(8)11-4-3-10-6-9(2)16-12(10)7-11;1-2/h3-7,16H,1-2H3,(H2,15,17);1-2H3. The molecule has 2 aromatic heterocycles. The number of aromatic nitrogens is 3. The van der Waals surface area contributed by atoms with E-state index in [4.69, 9.17) is 5.73 Å². The van der Waals surface area contributed by atoms with Crippen LogP contribution in [0.15, 0.2) is 30.3 Å². The third-order valence-electron chi connectivity index (χ3n) is 3.03. The highest BCUT2D eigenvalue weighted by Gasteiger charge is 2.07. The largest absolute Gasteiger partial charge is 0.382 e. The molecule has 0 spiro atoms. The van der Waals surface area contributed by atoms with Crippen molar-refractivity contribution >= 4 is 16.7 Å². The van der Waals surface area contributed by atoms with Gasteiger partial charge in [0.1, 0.15) is 5.82 Å². The van der Waals surface area contributed by atoms with Crippen LogP contribution in [0.4, 0.5) is 5.82 Å². The first-order valence-corrected chi connectivity index (χ1v) is 6.83. The summed E-state index contributed by atoms with van der Waals surface area (Å²) in [6.45, 7) is 8.04. The highest BCUT2D eigenvalue weighted by Crippen LogP contribution is 2.25. The summed E-state index contributed by atoms with van der Waals surface area (Å²) in [5.74, 6) is 0.452. The Bertz CT molecular complexity index is 728. The van der Waals surface area contributed by atoms with Gasteiger partial charge in [-0.2, -0.15) is 0 Å². The molecule has 20 heavy (non-hydrogen) atoms. The van der Waals surface area contributed by atoms with Crippen molar-refractivity contribution < 1.29 is 0 Å². The normalized spacial score (nSPS) is 10.2. The average molecular weight is 268 g/mol. The van der Waals surface area contributed by atoms with Crippen molar-refractivity contribution in [3.63, 3.8) is 0 Å². The van der Waals surface area contributed by atoms with Gasteiger partial charge in [0.2, 0.25) is 0 Å². The fraction of sp³-hybridized carbons (Fsp3) is 0.250. The molecule has 3 aromatic rings. The maximum atomic E-state index is 5.62. The van der Waals surface area contributed by atoms with Crippen molar-refractivity contribution in [3.05, 3.63) is 41.6 Å². The van der Waals surface area contributed by atoms with Crippen molar-refractivity contribution in [2.45, 2.75) is 27.7 Å². The molecule has 104 valence electrons. The Balaban J connectivity index is 0.000000704. The zero-order valence-corrected chi connectivity index (χ0v) is 12.4. The summed E-state index contributed by atoms with van der Waals surface area (Å²) in [6.07, 6.45) is 0. The van der Waals surface area contributed by atoms with Crippen molar-refractivity contribution in [1.29, 1.82) is 0 Å². The number of nitrogen functional groups attached to an aromatic ring is 1.